The van der Waals surface area contributed by atoms with Gasteiger partial charge in [0.2, 0.25) is 0 Å². The van der Waals surface area contributed by atoms with Crippen molar-refractivity contribution in [2.45, 2.75) is 13.5 Å². The van der Waals surface area contributed by atoms with Crippen LogP contribution in [0.25, 0.3) is 27.0 Å². The molecule has 3 aromatic rings. The highest BCUT2D eigenvalue weighted by atomic mass is 35.5. The van der Waals surface area contributed by atoms with Crippen molar-refractivity contribution in [1.29, 1.82) is 0 Å². The standard InChI is InChI=1S/C16H14ClNOS/c1-9(2)14-3-4-15(20-14)10-5-11-6-12(8-18)19-16(11)13(17)7-10/h3-7H,1,8,18H2,2H3. The maximum absolute atomic E-state index is 6.30. The minimum Gasteiger partial charge on any atom is -0.458 e. The highest BCUT2D eigenvalue weighted by Gasteiger charge is 2.11. The SMILES string of the molecule is C=C(C)c1ccc(-c2cc(Cl)c3oc(CN)cc3c2)s1. The Bertz CT molecular complexity index is 800. The molecule has 2 nitrogen and oxygen atoms in total. The van der Waals surface area contributed by atoms with E-state index in [1.54, 1.807) is 11.3 Å². The maximum atomic E-state index is 6.30. The van der Waals surface area contributed by atoms with Gasteiger partial charge < -0.3 is 10.2 Å². The summed E-state index contributed by atoms with van der Waals surface area (Å²) in [6, 6.07) is 10.1. The first-order valence-electron chi connectivity index (χ1n) is 6.26. The largest absolute Gasteiger partial charge is 0.458 e. The van der Waals surface area contributed by atoms with Crippen LogP contribution in [0.1, 0.15) is 17.6 Å². The number of hydrogen-bond donors (Lipinski definition) is 1. The van der Waals surface area contributed by atoms with Gasteiger partial charge in [-0.05, 0) is 48.4 Å². The smallest absolute Gasteiger partial charge is 0.152 e. The summed E-state index contributed by atoms with van der Waals surface area (Å²) in [5.74, 6) is 0.743. The summed E-state index contributed by atoms with van der Waals surface area (Å²) in [6.45, 7) is 6.35. The number of rotatable bonds is 3. The third-order valence-corrected chi connectivity index (χ3v) is 4.71. The number of nitrogens with two attached hydrogens (primary N) is 1. The average molecular weight is 304 g/mol. The predicted octanol–water partition coefficient (Wildman–Crippen LogP) is 5.31. The molecule has 102 valence electrons. The molecule has 0 aliphatic heterocycles. The van der Waals surface area contributed by atoms with Gasteiger partial charge in [0.15, 0.2) is 5.58 Å². The van der Waals surface area contributed by atoms with E-state index in [0.29, 0.717) is 17.2 Å². The number of halogens is 1. The molecule has 0 spiro atoms. The normalized spacial score (nSPS) is 11.2. The average Bonchev–Trinajstić information content (AvgIpc) is 3.05. The van der Waals surface area contributed by atoms with E-state index >= 15 is 0 Å². The number of benzene rings is 1. The molecule has 0 amide bonds. The fraction of sp³-hybridized carbons (Fsp3) is 0.125. The molecular formula is C16H14ClNOS. The van der Waals surface area contributed by atoms with Crippen LogP contribution in [-0.2, 0) is 6.54 Å². The first-order chi connectivity index (χ1) is 9.58. The molecule has 0 atom stereocenters. The van der Waals surface area contributed by atoms with Crippen LogP contribution in [-0.4, -0.2) is 0 Å². The van der Waals surface area contributed by atoms with Gasteiger partial charge in [-0.3, -0.25) is 0 Å². The number of thiophene rings is 1. The van der Waals surface area contributed by atoms with Crippen LogP contribution in [0, 0.1) is 0 Å². The Kier molecular flexibility index (Phi) is 3.42. The highest BCUT2D eigenvalue weighted by molar-refractivity contribution is 7.16. The minimum absolute atomic E-state index is 0.374. The summed E-state index contributed by atoms with van der Waals surface area (Å²) in [6.07, 6.45) is 0. The van der Waals surface area contributed by atoms with E-state index in [1.165, 1.54) is 9.75 Å². The summed E-state index contributed by atoms with van der Waals surface area (Å²) >= 11 is 8.01. The van der Waals surface area contributed by atoms with E-state index < -0.39 is 0 Å². The zero-order chi connectivity index (χ0) is 14.3. The number of allylic oxidation sites excluding steroid dienone is 1. The summed E-state index contributed by atoms with van der Waals surface area (Å²) in [7, 11) is 0. The van der Waals surface area contributed by atoms with Gasteiger partial charge in [0.25, 0.3) is 0 Å². The Morgan fingerprint density at radius 2 is 2.15 bits per heavy atom. The van der Waals surface area contributed by atoms with E-state index in [4.69, 9.17) is 21.8 Å². The third-order valence-electron chi connectivity index (χ3n) is 3.13. The highest BCUT2D eigenvalue weighted by Crippen LogP contribution is 2.36. The van der Waals surface area contributed by atoms with Crippen molar-refractivity contribution in [3.63, 3.8) is 0 Å². The second-order valence-electron chi connectivity index (χ2n) is 4.74. The minimum atomic E-state index is 0.374. The fourth-order valence-corrected chi connectivity index (χ4v) is 3.31. The van der Waals surface area contributed by atoms with Crippen LogP contribution in [0.2, 0.25) is 5.02 Å². The second kappa shape index (κ2) is 5.09. The lowest BCUT2D eigenvalue weighted by Crippen LogP contribution is -1.92. The molecule has 0 aliphatic carbocycles. The van der Waals surface area contributed by atoms with Gasteiger partial charge in [-0.15, -0.1) is 11.3 Å². The zero-order valence-corrected chi connectivity index (χ0v) is 12.6. The molecule has 4 heteroatoms. The Hall–Kier alpha value is -1.55. The number of fused-ring (bicyclic) bond motifs is 1. The van der Waals surface area contributed by atoms with Gasteiger partial charge in [-0.2, -0.15) is 0 Å². The zero-order valence-electron chi connectivity index (χ0n) is 11.1. The lowest BCUT2D eigenvalue weighted by Gasteiger charge is -2.00. The van der Waals surface area contributed by atoms with Gasteiger partial charge in [0, 0.05) is 15.1 Å². The third kappa shape index (κ3) is 2.29. The Morgan fingerprint density at radius 1 is 1.35 bits per heavy atom. The molecule has 3 rings (SSSR count). The molecule has 2 heterocycles. The van der Waals surface area contributed by atoms with E-state index in [1.807, 2.05) is 19.1 Å². The Balaban J connectivity index is 2.13. The summed E-state index contributed by atoms with van der Waals surface area (Å²) in [5.41, 5.74) is 8.47. The topological polar surface area (TPSA) is 39.2 Å². The number of hydrogen-bond acceptors (Lipinski definition) is 3. The Labute approximate surface area is 126 Å². The molecule has 0 radical (unpaired) electrons. The van der Waals surface area contributed by atoms with Crippen molar-refractivity contribution in [3.05, 3.63) is 52.6 Å². The van der Waals surface area contributed by atoms with Crippen LogP contribution in [0.5, 0.6) is 0 Å². The van der Waals surface area contributed by atoms with Crippen LogP contribution in [0.15, 0.2) is 41.3 Å². The van der Waals surface area contributed by atoms with Crippen LogP contribution < -0.4 is 5.73 Å². The van der Waals surface area contributed by atoms with Crippen LogP contribution >= 0.6 is 22.9 Å². The van der Waals surface area contributed by atoms with Crippen molar-refractivity contribution >= 4 is 39.5 Å². The number of furan rings is 1. The van der Waals surface area contributed by atoms with Gasteiger partial charge in [-0.25, -0.2) is 0 Å². The molecule has 20 heavy (non-hydrogen) atoms. The second-order valence-corrected chi connectivity index (χ2v) is 6.23. The molecule has 2 aromatic heterocycles. The van der Waals surface area contributed by atoms with Crippen LogP contribution in [0.4, 0.5) is 0 Å². The van der Waals surface area contributed by atoms with Crippen molar-refractivity contribution in [3.8, 4) is 10.4 Å². The fourth-order valence-electron chi connectivity index (χ4n) is 2.13. The molecule has 1 aromatic carbocycles. The summed E-state index contributed by atoms with van der Waals surface area (Å²) < 4.78 is 5.61. The predicted molar refractivity (Wildman–Crippen MR) is 87.1 cm³/mol. The summed E-state index contributed by atoms with van der Waals surface area (Å²) in [4.78, 5) is 2.35. The quantitative estimate of drug-likeness (QED) is 0.712. The molecule has 0 aliphatic rings. The lowest BCUT2D eigenvalue weighted by atomic mass is 10.1. The van der Waals surface area contributed by atoms with E-state index in [9.17, 15) is 0 Å². The lowest BCUT2D eigenvalue weighted by molar-refractivity contribution is 0.552. The van der Waals surface area contributed by atoms with Crippen molar-refractivity contribution in [1.82, 2.24) is 0 Å². The van der Waals surface area contributed by atoms with Gasteiger partial charge in [-0.1, -0.05) is 18.2 Å². The Morgan fingerprint density at radius 3 is 2.80 bits per heavy atom. The first kappa shape index (κ1) is 13.4. The first-order valence-corrected chi connectivity index (χ1v) is 7.46. The van der Waals surface area contributed by atoms with Gasteiger partial charge in [0.1, 0.15) is 5.76 Å². The van der Waals surface area contributed by atoms with Crippen molar-refractivity contribution < 1.29 is 4.42 Å². The maximum Gasteiger partial charge on any atom is 0.152 e. The van der Waals surface area contributed by atoms with Crippen molar-refractivity contribution in [2.75, 3.05) is 0 Å². The molecule has 0 saturated heterocycles. The molecule has 0 fully saturated rings. The molecular weight excluding hydrogens is 290 g/mol. The monoisotopic (exact) mass is 303 g/mol. The molecule has 0 unspecified atom stereocenters. The van der Waals surface area contributed by atoms with E-state index in [2.05, 4.69) is 24.8 Å². The van der Waals surface area contributed by atoms with Crippen LogP contribution in [0.3, 0.4) is 0 Å². The van der Waals surface area contributed by atoms with E-state index in [0.717, 1.165) is 22.3 Å². The molecule has 2 N–H and O–H groups in total. The van der Waals surface area contributed by atoms with Gasteiger partial charge in [0.05, 0.1) is 11.6 Å². The van der Waals surface area contributed by atoms with E-state index in [-0.39, 0.29) is 0 Å². The van der Waals surface area contributed by atoms with Crippen molar-refractivity contribution in [2.24, 2.45) is 5.73 Å². The summed E-state index contributed by atoms with van der Waals surface area (Å²) in [5, 5.41) is 1.60. The van der Waals surface area contributed by atoms with Gasteiger partial charge >= 0.3 is 0 Å². The molecule has 0 bridgehead atoms. The molecule has 0 saturated carbocycles.